The standard InChI is InChI=1S/C11H19N3O2/c1-7(2)6-16-11(15)10-9(5)14(8(3)4)13-12-10/h7-8H,6H2,1-5H3. The third-order valence-corrected chi connectivity index (χ3v) is 2.16. The molecule has 0 aliphatic heterocycles. The Morgan fingerprint density at radius 3 is 2.44 bits per heavy atom. The smallest absolute Gasteiger partial charge is 0.360 e. The van der Waals surface area contributed by atoms with Crippen molar-refractivity contribution in [3.8, 4) is 0 Å². The highest BCUT2D eigenvalue weighted by Crippen LogP contribution is 2.11. The molecule has 0 aliphatic rings. The number of carbonyl (C=O) groups is 1. The van der Waals surface area contributed by atoms with Gasteiger partial charge in [0, 0.05) is 6.04 Å². The number of rotatable bonds is 4. The Morgan fingerprint density at radius 1 is 1.38 bits per heavy atom. The first kappa shape index (κ1) is 12.7. The Morgan fingerprint density at radius 2 is 2.00 bits per heavy atom. The molecule has 0 aliphatic carbocycles. The second-order valence-corrected chi connectivity index (χ2v) is 4.55. The summed E-state index contributed by atoms with van der Waals surface area (Å²) in [5.74, 6) is -0.0671. The fraction of sp³-hybridized carbons (Fsp3) is 0.727. The number of nitrogens with zero attached hydrogens (tertiary/aromatic N) is 3. The molecule has 0 radical (unpaired) electrons. The largest absolute Gasteiger partial charge is 0.461 e. The minimum absolute atomic E-state index is 0.194. The lowest BCUT2D eigenvalue weighted by Gasteiger charge is -2.07. The predicted octanol–water partition coefficient (Wildman–Crippen LogP) is 1.98. The molecule has 5 heteroatoms. The van der Waals surface area contributed by atoms with Crippen molar-refractivity contribution in [3.05, 3.63) is 11.4 Å². The minimum atomic E-state index is -0.391. The molecule has 0 saturated heterocycles. The molecular weight excluding hydrogens is 206 g/mol. The van der Waals surface area contributed by atoms with Crippen LogP contribution in [0.1, 0.15) is 49.9 Å². The van der Waals surface area contributed by atoms with E-state index < -0.39 is 5.97 Å². The molecule has 16 heavy (non-hydrogen) atoms. The molecule has 0 spiro atoms. The molecule has 0 amide bonds. The average Bonchev–Trinajstić information content (AvgIpc) is 2.56. The van der Waals surface area contributed by atoms with Crippen LogP contribution in [0.25, 0.3) is 0 Å². The maximum absolute atomic E-state index is 11.7. The van der Waals surface area contributed by atoms with Gasteiger partial charge in [-0.1, -0.05) is 19.1 Å². The Labute approximate surface area is 95.8 Å². The van der Waals surface area contributed by atoms with Gasteiger partial charge in [0.2, 0.25) is 0 Å². The first-order valence-electron chi connectivity index (χ1n) is 5.52. The van der Waals surface area contributed by atoms with Gasteiger partial charge in [0.1, 0.15) is 0 Å². The van der Waals surface area contributed by atoms with E-state index in [1.165, 1.54) is 0 Å². The highest BCUT2D eigenvalue weighted by Gasteiger charge is 2.19. The van der Waals surface area contributed by atoms with E-state index in [0.717, 1.165) is 5.69 Å². The van der Waals surface area contributed by atoms with Gasteiger partial charge in [-0.05, 0) is 26.7 Å². The predicted molar refractivity (Wildman–Crippen MR) is 60.3 cm³/mol. The van der Waals surface area contributed by atoms with Crippen LogP contribution in [-0.4, -0.2) is 27.6 Å². The highest BCUT2D eigenvalue weighted by molar-refractivity contribution is 5.88. The first-order chi connectivity index (χ1) is 7.43. The summed E-state index contributed by atoms with van der Waals surface area (Å²) >= 11 is 0. The van der Waals surface area contributed by atoms with Crippen molar-refractivity contribution in [2.24, 2.45) is 5.92 Å². The normalized spacial score (nSPS) is 11.2. The van der Waals surface area contributed by atoms with Crippen LogP contribution in [-0.2, 0) is 4.74 Å². The van der Waals surface area contributed by atoms with Crippen LogP contribution in [0, 0.1) is 12.8 Å². The Hall–Kier alpha value is -1.39. The van der Waals surface area contributed by atoms with Gasteiger partial charge < -0.3 is 4.74 Å². The number of esters is 1. The molecule has 5 nitrogen and oxygen atoms in total. The SMILES string of the molecule is Cc1c(C(=O)OCC(C)C)nnn1C(C)C. The number of carbonyl (C=O) groups excluding carboxylic acids is 1. The van der Waals surface area contributed by atoms with Crippen molar-refractivity contribution in [2.75, 3.05) is 6.61 Å². The molecule has 0 fully saturated rings. The zero-order valence-electron chi connectivity index (χ0n) is 10.5. The fourth-order valence-electron chi connectivity index (χ4n) is 1.33. The Bertz CT molecular complexity index is 369. The van der Waals surface area contributed by atoms with Crippen LogP contribution in [0.2, 0.25) is 0 Å². The van der Waals surface area contributed by atoms with Crippen LogP contribution in [0.3, 0.4) is 0 Å². The van der Waals surface area contributed by atoms with Gasteiger partial charge in [0.15, 0.2) is 5.69 Å². The summed E-state index contributed by atoms with van der Waals surface area (Å²) in [6, 6.07) is 0.194. The van der Waals surface area contributed by atoms with Gasteiger partial charge in [-0.25, -0.2) is 9.48 Å². The van der Waals surface area contributed by atoms with Gasteiger partial charge in [0.25, 0.3) is 0 Å². The van der Waals surface area contributed by atoms with Gasteiger partial charge in [-0.3, -0.25) is 0 Å². The van der Waals surface area contributed by atoms with E-state index in [9.17, 15) is 4.79 Å². The van der Waals surface area contributed by atoms with Crippen molar-refractivity contribution >= 4 is 5.97 Å². The number of hydrogen-bond acceptors (Lipinski definition) is 4. The average molecular weight is 225 g/mol. The molecule has 90 valence electrons. The molecule has 1 aromatic heterocycles. The van der Waals surface area contributed by atoms with Crippen molar-refractivity contribution in [1.82, 2.24) is 15.0 Å². The highest BCUT2D eigenvalue weighted by atomic mass is 16.5. The van der Waals surface area contributed by atoms with Crippen LogP contribution < -0.4 is 0 Å². The second kappa shape index (κ2) is 5.09. The van der Waals surface area contributed by atoms with Gasteiger partial charge in [-0.15, -0.1) is 5.10 Å². The molecule has 0 saturated carbocycles. The van der Waals surface area contributed by atoms with Gasteiger partial charge in [-0.2, -0.15) is 0 Å². The summed E-state index contributed by atoms with van der Waals surface area (Å²) in [6.45, 7) is 10.2. The molecule has 0 unspecified atom stereocenters. The fourth-order valence-corrected chi connectivity index (χ4v) is 1.33. The molecule has 0 atom stereocenters. The van der Waals surface area contributed by atoms with E-state index in [1.54, 1.807) is 4.68 Å². The van der Waals surface area contributed by atoms with Crippen LogP contribution >= 0.6 is 0 Å². The van der Waals surface area contributed by atoms with E-state index in [1.807, 2.05) is 34.6 Å². The van der Waals surface area contributed by atoms with E-state index in [4.69, 9.17) is 4.74 Å². The first-order valence-corrected chi connectivity index (χ1v) is 5.52. The minimum Gasteiger partial charge on any atom is -0.461 e. The lowest BCUT2D eigenvalue weighted by molar-refractivity contribution is 0.0451. The molecule has 0 bridgehead atoms. The summed E-state index contributed by atoms with van der Waals surface area (Å²) in [6.07, 6.45) is 0. The summed E-state index contributed by atoms with van der Waals surface area (Å²) in [7, 11) is 0. The third kappa shape index (κ3) is 2.81. The van der Waals surface area contributed by atoms with E-state index >= 15 is 0 Å². The van der Waals surface area contributed by atoms with Gasteiger partial charge >= 0.3 is 5.97 Å². The summed E-state index contributed by atoms with van der Waals surface area (Å²) < 4.78 is 6.82. The zero-order valence-corrected chi connectivity index (χ0v) is 10.5. The Balaban J connectivity index is 2.77. The lowest BCUT2D eigenvalue weighted by atomic mass is 10.2. The number of ether oxygens (including phenoxy) is 1. The van der Waals surface area contributed by atoms with Crippen molar-refractivity contribution < 1.29 is 9.53 Å². The van der Waals surface area contributed by atoms with E-state index in [0.29, 0.717) is 18.2 Å². The quantitative estimate of drug-likeness (QED) is 0.735. The van der Waals surface area contributed by atoms with Crippen LogP contribution in [0.5, 0.6) is 0 Å². The molecule has 1 heterocycles. The summed E-state index contributed by atoms with van der Waals surface area (Å²) in [4.78, 5) is 11.7. The second-order valence-electron chi connectivity index (χ2n) is 4.55. The molecule has 0 N–H and O–H groups in total. The third-order valence-electron chi connectivity index (χ3n) is 2.16. The van der Waals surface area contributed by atoms with Crippen LogP contribution in [0.15, 0.2) is 0 Å². The number of aromatic nitrogens is 3. The monoisotopic (exact) mass is 225 g/mol. The van der Waals surface area contributed by atoms with Crippen molar-refractivity contribution in [2.45, 2.75) is 40.7 Å². The summed E-state index contributed by atoms with van der Waals surface area (Å²) in [5.41, 5.74) is 1.07. The Kier molecular flexibility index (Phi) is 4.04. The molecule has 0 aromatic carbocycles. The maximum Gasteiger partial charge on any atom is 0.360 e. The maximum atomic E-state index is 11.7. The van der Waals surface area contributed by atoms with Crippen molar-refractivity contribution in [1.29, 1.82) is 0 Å². The molecular formula is C11H19N3O2. The molecule has 1 rings (SSSR count). The lowest BCUT2D eigenvalue weighted by Crippen LogP contribution is -2.12. The number of hydrogen-bond donors (Lipinski definition) is 0. The topological polar surface area (TPSA) is 57.0 Å². The zero-order chi connectivity index (χ0) is 12.3. The van der Waals surface area contributed by atoms with Gasteiger partial charge in [0.05, 0.1) is 12.3 Å². The van der Waals surface area contributed by atoms with E-state index in [-0.39, 0.29) is 6.04 Å². The van der Waals surface area contributed by atoms with Crippen LogP contribution in [0.4, 0.5) is 0 Å². The van der Waals surface area contributed by atoms with E-state index in [2.05, 4.69) is 10.3 Å². The van der Waals surface area contributed by atoms with Crippen molar-refractivity contribution in [3.63, 3.8) is 0 Å². The molecule has 1 aromatic rings. The summed E-state index contributed by atoms with van der Waals surface area (Å²) in [5, 5.41) is 7.78.